The van der Waals surface area contributed by atoms with E-state index in [-0.39, 0.29) is 0 Å². The summed E-state index contributed by atoms with van der Waals surface area (Å²) in [6.45, 7) is 5.10. The van der Waals surface area contributed by atoms with Crippen LogP contribution in [0.2, 0.25) is 0 Å². The molecule has 3 N–H and O–H groups in total. The Labute approximate surface area is 102 Å². The van der Waals surface area contributed by atoms with Crippen molar-refractivity contribution in [2.24, 2.45) is 5.41 Å². The lowest BCUT2D eigenvalue weighted by molar-refractivity contribution is -0.100. The van der Waals surface area contributed by atoms with Crippen molar-refractivity contribution in [1.29, 1.82) is 0 Å². The van der Waals surface area contributed by atoms with E-state index < -0.39 is 0 Å². The smallest absolute Gasteiger partial charge is 0.0554 e. The van der Waals surface area contributed by atoms with Crippen molar-refractivity contribution in [2.45, 2.75) is 25.8 Å². The predicted octanol–water partition coefficient (Wildman–Crippen LogP) is 1.88. The van der Waals surface area contributed by atoms with Gasteiger partial charge in [0.05, 0.1) is 13.2 Å². The summed E-state index contributed by atoms with van der Waals surface area (Å²) in [6.07, 6.45) is 2.33. The van der Waals surface area contributed by atoms with Crippen LogP contribution in [0.5, 0.6) is 0 Å². The number of nitrogen functional groups attached to an aromatic ring is 1. The van der Waals surface area contributed by atoms with Crippen LogP contribution in [0.3, 0.4) is 0 Å². The van der Waals surface area contributed by atoms with Gasteiger partial charge in [-0.1, -0.05) is 13.0 Å². The molecule has 1 fully saturated rings. The molecule has 1 unspecified atom stereocenters. The molecule has 1 aromatic rings. The van der Waals surface area contributed by atoms with Crippen LogP contribution in [0.15, 0.2) is 18.2 Å². The number of fused-ring (bicyclic) bond motifs is 1. The van der Waals surface area contributed by atoms with Crippen LogP contribution in [0.4, 0.5) is 5.69 Å². The molecule has 0 bridgehead atoms. The molecule has 0 radical (unpaired) electrons. The summed E-state index contributed by atoms with van der Waals surface area (Å²) in [7, 11) is 0. The highest BCUT2D eigenvalue weighted by atomic mass is 16.5. The number of aryl methyl sites for hydroxylation is 1. The van der Waals surface area contributed by atoms with Crippen LogP contribution in [-0.2, 0) is 11.2 Å². The van der Waals surface area contributed by atoms with Crippen molar-refractivity contribution in [3.8, 4) is 0 Å². The van der Waals surface area contributed by atoms with Crippen LogP contribution in [0, 0.1) is 5.41 Å². The zero-order valence-electron chi connectivity index (χ0n) is 10.3. The number of rotatable bonds is 3. The highest BCUT2D eigenvalue weighted by Crippen LogP contribution is 2.34. The Bertz CT molecular complexity index is 426. The first-order chi connectivity index (χ1) is 8.16. The summed E-state index contributed by atoms with van der Waals surface area (Å²) in [6, 6.07) is 6.80. The third-order valence-electron chi connectivity index (χ3n) is 3.92. The van der Waals surface area contributed by atoms with Gasteiger partial charge in [0.1, 0.15) is 0 Å². The Kier molecular flexibility index (Phi) is 2.60. The van der Waals surface area contributed by atoms with E-state index in [1.54, 1.807) is 0 Å². The Morgan fingerprint density at radius 1 is 1.47 bits per heavy atom. The molecule has 1 aromatic carbocycles. The summed E-state index contributed by atoms with van der Waals surface area (Å²) in [5.41, 5.74) is 9.88. The van der Waals surface area contributed by atoms with E-state index in [1.165, 1.54) is 17.5 Å². The van der Waals surface area contributed by atoms with Crippen LogP contribution < -0.4 is 11.1 Å². The monoisotopic (exact) mass is 232 g/mol. The molecule has 2 aliphatic rings. The number of benzene rings is 1. The van der Waals surface area contributed by atoms with Crippen molar-refractivity contribution in [3.63, 3.8) is 0 Å². The van der Waals surface area contributed by atoms with Crippen molar-refractivity contribution < 1.29 is 4.74 Å². The van der Waals surface area contributed by atoms with Crippen LogP contribution in [0.1, 0.15) is 30.5 Å². The molecule has 0 spiro atoms. The van der Waals surface area contributed by atoms with Crippen molar-refractivity contribution in [3.05, 3.63) is 29.3 Å². The molecule has 17 heavy (non-hydrogen) atoms. The summed E-state index contributed by atoms with van der Waals surface area (Å²) >= 11 is 0. The average Bonchev–Trinajstić information content (AvgIpc) is 2.66. The standard InChI is InChI=1S/C14H20N2O/c1-14(8-17-9-14)7-16-13-5-2-10-6-11(15)3-4-12(10)13/h3-4,6,13,16H,2,5,7-9,15H2,1H3. The van der Waals surface area contributed by atoms with Gasteiger partial charge in [-0.05, 0) is 36.1 Å². The number of hydrogen-bond donors (Lipinski definition) is 2. The Morgan fingerprint density at radius 3 is 3.00 bits per heavy atom. The number of nitrogens with one attached hydrogen (secondary N) is 1. The van der Waals surface area contributed by atoms with Gasteiger partial charge in [-0.3, -0.25) is 0 Å². The zero-order chi connectivity index (χ0) is 11.9. The first kappa shape index (κ1) is 11.1. The lowest BCUT2D eigenvalue weighted by Gasteiger charge is -2.39. The van der Waals surface area contributed by atoms with E-state index in [0.717, 1.165) is 31.9 Å². The van der Waals surface area contributed by atoms with Crippen molar-refractivity contribution in [2.75, 3.05) is 25.5 Å². The second-order valence-electron chi connectivity index (χ2n) is 5.73. The normalized spacial score (nSPS) is 25.4. The Balaban J connectivity index is 1.67. The molecule has 0 aromatic heterocycles. The molecular formula is C14H20N2O. The fraction of sp³-hybridized carbons (Fsp3) is 0.571. The van der Waals surface area contributed by atoms with E-state index in [9.17, 15) is 0 Å². The molecule has 1 saturated heterocycles. The quantitative estimate of drug-likeness (QED) is 0.782. The van der Waals surface area contributed by atoms with Crippen molar-refractivity contribution >= 4 is 5.69 Å². The van der Waals surface area contributed by atoms with Crippen molar-refractivity contribution in [1.82, 2.24) is 5.32 Å². The van der Waals surface area contributed by atoms with Gasteiger partial charge in [-0.2, -0.15) is 0 Å². The number of hydrogen-bond acceptors (Lipinski definition) is 3. The SMILES string of the molecule is CC1(CNC2CCc3cc(N)ccc32)COC1. The van der Waals surface area contributed by atoms with E-state index >= 15 is 0 Å². The lowest BCUT2D eigenvalue weighted by atomic mass is 9.88. The third kappa shape index (κ3) is 2.05. The number of nitrogens with two attached hydrogens (primary N) is 1. The largest absolute Gasteiger partial charge is 0.399 e. The van der Waals surface area contributed by atoms with E-state index in [2.05, 4.69) is 24.4 Å². The topological polar surface area (TPSA) is 47.3 Å². The molecule has 3 rings (SSSR count). The van der Waals surface area contributed by atoms with Gasteiger partial charge < -0.3 is 15.8 Å². The maximum atomic E-state index is 5.81. The highest BCUT2D eigenvalue weighted by Gasteiger charge is 2.34. The Hall–Kier alpha value is -1.06. The number of ether oxygens (including phenoxy) is 1. The first-order valence-corrected chi connectivity index (χ1v) is 6.36. The van der Waals surface area contributed by atoms with Gasteiger partial charge in [0.2, 0.25) is 0 Å². The minimum absolute atomic E-state index is 0.344. The minimum atomic E-state index is 0.344. The first-order valence-electron chi connectivity index (χ1n) is 6.36. The van der Waals surface area contributed by atoms with Gasteiger partial charge in [0, 0.05) is 23.7 Å². The molecular weight excluding hydrogens is 212 g/mol. The molecule has 1 aliphatic heterocycles. The molecule has 92 valence electrons. The maximum absolute atomic E-state index is 5.81. The highest BCUT2D eigenvalue weighted by molar-refractivity contribution is 5.47. The van der Waals surface area contributed by atoms with Gasteiger partial charge in [-0.15, -0.1) is 0 Å². The summed E-state index contributed by atoms with van der Waals surface area (Å²) in [5, 5.41) is 3.68. The van der Waals surface area contributed by atoms with E-state index in [4.69, 9.17) is 10.5 Å². The zero-order valence-corrected chi connectivity index (χ0v) is 10.3. The summed E-state index contributed by atoms with van der Waals surface area (Å²) in [5.74, 6) is 0. The molecule has 3 heteroatoms. The molecule has 0 saturated carbocycles. The lowest BCUT2D eigenvalue weighted by Crippen LogP contribution is -2.47. The second kappa shape index (κ2) is 4.00. The summed E-state index contributed by atoms with van der Waals surface area (Å²) in [4.78, 5) is 0. The van der Waals surface area contributed by atoms with Gasteiger partial charge in [-0.25, -0.2) is 0 Å². The van der Waals surface area contributed by atoms with Gasteiger partial charge >= 0.3 is 0 Å². The molecule has 1 aliphatic carbocycles. The van der Waals surface area contributed by atoms with Crippen LogP contribution >= 0.6 is 0 Å². The predicted molar refractivity (Wildman–Crippen MR) is 68.8 cm³/mol. The average molecular weight is 232 g/mol. The van der Waals surface area contributed by atoms with E-state index in [1.807, 2.05) is 6.07 Å². The van der Waals surface area contributed by atoms with Gasteiger partial charge in [0.15, 0.2) is 0 Å². The van der Waals surface area contributed by atoms with E-state index in [0.29, 0.717) is 11.5 Å². The summed E-state index contributed by atoms with van der Waals surface area (Å²) < 4.78 is 5.28. The number of anilines is 1. The maximum Gasteiger partial charge on any atom is 0.0554 e. The van der Waals surface area contributed by atoms with Crippen LogP contribution in [0.25, 0.3) is 0 Å². The third-order valence-corrected chi connectivity index (χ3v) is 3.92. The molecule has 1 atom stereocenters. The Morgan fingerprint density at radius 2 is 2.29 bits per heavy atom. The molecule has 3 nitrogen and oxygen atoms in total. The second-order valence-corrected chi connectivity index (χ2v) is 5.73. The minimum Gasteiger partial charge on any atom is -0.399 e. The molecule has 1 heterocycles. The fourth-order valence-corrected chi connectivity index (χ4v) is 2.77. The fourth-order valence-electron chi connectivity index (χ4n) is 2.77. The van der Waals surface area contributed by atoms with Gasteiger partial charge in [0.25, 0.3) is 0 Å². The van der Waals surface area contributed by atoms with Crippen LogP contribution in [-0.4, -0.2) is 19.8 Å². The molecule has 0 amide bonds.